The number of aromatic amines is 1. The smallest absolute Gasteiger partial charge is 0.264 e. The fraction of sp³-hybridized carbons (Fsp3) is 0.231. The van der Waals surface area contributed by atoms with Crippen molar-refractivity contribution in [2.24, 2.45) is 5.73 Å². The normalized spacial score (nSPS) is 10.6. The van der Waals surface area contributed by atoms with Crippen LogP contribution in [-0.4, -0.2) is 15.7 Å². The van der Waals surface area contributed by atoms with Gasteiger partial charge in [-0.2, -0.15) is 0 Å². The van der Waals surface area contributed by atoms with E-state index in [4.69, 9.17) is 5.73 Å². The van der Waals surface area contributed by atoms with E-state index in [9.17, 15) is 9.59 Å². The van der Waals surface area contributed by atoms with E-state index in [-0.39, 0.29) is 24.4 Å². The Morgan fingerprint density at radius 2 is 2.00 bits per heavy atom. The van der Waals surface area contributed by atoms with Gasteiger partial charge in [-0.15, -0.1) is 0 Å². The Morgan fingerprint density at radius 3 is 2.61 bits per heavy atom. The quantitative estimate of drug-likeness (QED) is 0.840. The van der Waals surface area contributed by atoms with Gasteiger partial charge in [0.1, 0.15) is 0 Å². The molecule has 5 heteroatoms. The first-order valence-corrected chi connectivity index (χ1v) is 5.70. The van der Waals surface area contributed by atoms with Gasteiger partial charge in [0.2, 0.25) is 5.91 Å². The van der Waals surface area contributed by atoms with Crippen LogP contribution in [0.1, 0.15) is 21.6 Å². The predicted molar refractivity (Wildman–Crippen MR) is 68.5 cm³/mol. The highest BCUT2D eigenvalue weighted by atomic mass is 16.2. The third-order valence-corrected chi connectivity index (χ3v) is 2.74. The number of carbonyl (C=O) groups is 1. The molecule has 94 valence electrons. The lowest BCUT2D eigenvalue weighted by Gasteiger charge is -2.05. The monoisotopic (exact) mass is 245 g/mol. The average molecular weight is 245 g/mol. The Morgan fingerprint density at radius 1 is 1.33 bits per heavy atom. The van der Waals surface area contributed by atoms with Crippen molar-refractivity contribution in [1.82, 2.24) is 9.78 Å². The number of aromatic nitrogens is 2. The van der Waals surface area contributed by atoms with Crippen molar-refractivity contribution in [3.63, 3.8) is 0 Å². The van der Waals surface area contributed by atoms with Crippen LogP contribution in [0.5, 0.6) is 0 Å². The molecule has 1 aromatic heterocycles. The minimum atomic E-state index is -0.312. The van der Waals surface area contributed by atoms with Gasteiger partial charge in [-0.3, -0.25) is 14.7 Å². The topological polar surface area (TPSA) is 80.9 Å². The number of nitrogens with zero attached hydrogens (tertiary/aromatic N) is 1. The lowest BCUT2D eigenvalue weighted by atomic mass is 10.1. The van der Waals surface area contributed by atoms with Gasteiger partial charge >= 0.3 is 0 Å². The summed E-state index contributed by atoms with van der Waals surface area (Å²) < 4.78 is 1.22. The van der Waals surface area contributed by atoms with E-state index in [0.717, 1.165) is 11.1 Å². The minimum Gasteiger partial charge on any atom is -0.325 e. The van der Waals surface area contributed by atoms with E-state index in [2.05, 4.69) is 5.10 Å². The number of hydrogen-bond acceptors (Lipinski definition) is 3. The number of aryl methyl sites for hydroxylation is 1. The maximum absolute atomic E-state index is 12.0. The van der Waals surface area contributed by atoms with Crippen LogP contribution in [0.25, 0.3) is 0 Å². The number of H-pyrrole nitrogens is 1. The number of nitrogens with one attached hydrogen (secondary N) is 1. The first-order chi connectivity index (χ1) is 8.60. The summed E-state index contributed by atoms with van der Waals surface area (Å²) in [5, 5.41) is 2.46. The summed E-state index contributed by atoms with van der Waals surface area (Å²) >= 11 is 0. The molecule has 5 nitrogen and oxygen atoms in total. The highest BCUT2D eigenvalue weighted by molar-refractivity contribution is 5.81. The van der Waals surface area contributed by atoms with Crippen molar-refractivity contribution in [2.45, 2.75) is 19.9 Å². The third-order valence-electron chi connectivity index (χ3n) is 2.74. The van der Waals surface area contributed by atoms with Crippen molar-refractivity contribution < 1.29 is 4.79 Å². The van der Waals surface area contributed by atoms with Crippen molar-refractivity contribution in [2.75, 3.05) is 0 Å². The SMILES string of the molecule is Cc1ccc(CC(=O)n2[nH]c(=O)cc2CN)cc1. The van der Waals surface area contributed by atoms with Gasteiger partial charge in [-0.1, -0.05) is 29.8 Å². The van der Waals surface area contributed by atoms with E-state index in [1.807, 2.05) is 31.2 Å². The van der Waals surface area contributed by atoms with E-state index in [1.165, 1.54) is 10.7 Å². The molecule has 0 aliphatic heterocycles. The molecule has 0 bridgehead atoms. The molecule has 0 amide bonds. The highest BCUT2D eigenvalue weighted by Crippen LogP contribution is 2.05. The summed E-state index contributed by atoms with van der Waals surface area (Å²) in [6, 6.07) is 9.04. The van der Waals surface area contributed by atoms with Crippen LogP contribution in [0.4, 0.5) is 0 Å². The maximum Gasteiger partial charge on any atom is 0.264 e. The van der Waals surface area contributed by atoms with Gasteiger partial charge in [-0.25, -0.2) is 4.68 Å². The van der Waals surface area contributed by atoms with Crippen molar-refractivity contribution in [3.8, 4) is 0 Å². The molecule has 0 unspecified atom stereocenters. The molecule has 0 fully saturated rings. The molecule has 0 atom stereocenters. The molecule has 0 radical (unpaired) electrons. The zero-order valence-corrected chi connectivity index (χ0v) is 10.1. The van der Waals surface area contributed by atoms with Crippen molar-refractivity contribution in [1.29, 1.82) is 0 Å². The fourth-order valence-corrected chi connectivity index (χ4v) is 1.76. The highest BCUT2D eigenvalue weighted by Gasteiger charge is 2.11. The summed E-state index contributed by atoms with van der Waals surface area (Å²) in [5.74, 6) is -0.193. The number of benzene rings is 1. The molecular formula is C13H15N3O2. The summed E-state index contributed by atoms with van der Waals surface area (Å²) in [4.78, 5) is 23.2. The molecule has 0 saturated heterocycles. The molecule has 3 N–H and O–H groups in total. The van der Waals surface area contributed by atoms with Crippen LogP contribution in [0.15, 0.2) is 35.1 Å². The minimum absolute atomic E-state index is 0.151. The van der Waals surface area contributed by atoms with E-state index < -0.39 is 0 Å². The summed E-state index contributed by atoms with van der Waals surface area (Å²) in [6.07, 6.45) is 0.234. The fourth-order valence-electron chi connectivity index (χ4n) is 1.76. The molecule has 0 saturated carbocycles. The Kier molecular flexibility index (Phi) is 3.43. The van der Waals surface area contributed by atoms with Crippen LogP contribution in [-0.2, 0) is 13.0 Å². The number of hydrogen-bond donors (Lipinski definition) is 2. The molecule has 1 aromatic carbocycles. The second kappa shape index (κ2) is 5.01. The summed E-state index contributed by atoms with van der Waals surface area (Å²) in [6.45, 7) is 2.14. The molecular weight excluding hydrogens is 230 g/mol. The summed E-state index contributed by atoms with van der Waals surface area (Å²) in [7, 11) is 0. The third kappa shape index (κ3) is 2.57. The van der Waals surface area contributed by atoms with E-state index in [1.54, 1.807) is 0 Å². The average Bonchev–Trinajstić information content (AvgIpc) is 2.73. The first kappa shape index (κ1) is 12.3. The summed E-state index contributed by atoms with van der Waals surface area (Å²) in [5.41, 5.74) is 7.72. The maximum atomic E-state index is 12.0. The van der Waals surface area contributed by atoms with E-state index >= 15 is 0 Å². The molecule has 0 spiro atoms. The van der Waals surface area contributed by atoms with Crippen LogP contribution in [0.3, 0.4) is 0 Å². The van der Waals surface area contributed by atoms with Gasteiger partial charge in [0.15, 0.2) is 0 Å². The van der Waals surface area contributed by atoms with Crippen molar-refractivity contribution >= 4 is 5.91 Å². The molecule has 1 heterocycles. The number of rotatable bonds is 3. The van der Waals surface area contributed by atoms with Gasteiger partial charge in [-0.05, 0) is 12.5 Å². The van der Waals surface area contributed by atoms with Crippen LogP contribution >= 0.6 is 0 Å². The Hall–Kier alpha value is -2.14. The molecule has 18 heavy (non-hydrogen) atoms. The predicted octanol–water partition coefficient (Wildman–Crippen LogP) is 0.826. The lowest BCUT2D eigenvalue weighted by Crippen LogP contribution is -2.20. The Balaban J connectivity index is 2.21. The molecule has 0 aliphatic carbocycles. The molecule has 2 rings (SSSR count). The second-order valence-electron chi connectivity index (χ2n) is 4.21. The van der Waals surface area contributed by atoms with Gasteiger partial charge in [0.05, 0.1) is 12.1 Å². The first-order valence-electron chi connectivity index (χ1n) is 5.70. The Bertz CT molecular complexity index is 608. The number of carbonyl (C=O) groups excluding carboxylic acids is 1. The Labute approximate surface area is 104 Å². The van der Waals surface area contributed by atoms with Crippen molar-refractivity contribution in [3.05, 3.63) is 57.5 Å². The van der Waals surface area contributed by atoms with Crippen LogP contribution < -0.4 is 11.3 Å². The standard InChI is InChI=1S/C13H15N3O2/c1-9-2-4-10(5-3-9)6-13(18)16-11(8-14)7-12(17)15-16/h2-5,7H,6,8,14H2,1H3,(H,15,17). The molecule has 2 aromatic rings. The largest absolute Gasteiger partial charge is 0.325 e. The van der Waals surface area contributed by atoms with Crippen LogP contribution in [0.2, 0.25) is 0 Å². The lowest BCUT2D eigenvalue weighted by molar-refractivity contribution is 0.0894. The molecule has 0 aliphatic rings. The van der Waals surface area contributed by atoms with E-state index in [0.29, 0.717) is 5.69 Å². The second-order valence-corrected chi connectivity index (χ2v) is 4.21. The number of nitrogens with two attached hydrogens (primary N) is 1. The van der Waals surface area contributed by atoms with Gasteiger partial charge < -0.3 is 5.73 Å². The van der Waals surface area contributed by atoms with Gasteiger partial charge in [0.25, 0.3) is 5.56 Å². The van der Waals surface area contributed by atoms with Crippen LogP contribution in [0, 0.1) is 6.92 Å². The zero-order valence-electron chi connectivity index (χ0n) is 10.1. The zero-order chi connectivity index (χ0) is 13.1. The van der Waals surface area contributed by atoms with Gasteiger partial charge in [0, 0.05) is 12.6 Å².